The Morgan fingerprint density at radius 2 is 1.77 bits per heavy atom. The van der Waals surface area contributed by atoms with Gasteiger partial charge < -0.3 is 15.0 Å². The second-order valence-corrected chi connectivity index (χ2v) is 9.77. The van der Waals surface area contributed by atoms with Crippen molar-refractivity contribution in [3.05, 3.63) is 53.6 Å². The third-order valence-corrected chi connectivity index (χ3v) is 6.61. The van der Waals surface area contributed by atoms with Crippen LogP contribution >= 0.6 is 0 Å². The molecule has 7 nitrogen and oxygen atoms in total. The topological polar surface area (TPSA) is 79.0 Å². The van der Waals surface area contributed by atoms with E-state index in [9.17, 15) is 13.2 Å². The van der Waals surface area contributed by atoms with E-state index in [1.165, 1.54) is 4.31 Å². The predicted octanol–water partition coefficient (Wildman–Crippen LogP) is 3.32. The van der Waals surface area contributed by atoms with Crippen LogP contribution in [0.1, 0.15) is 24.5 Å². The van der Waals surface area contributed by atoms with Crippen LogP contribution in [-0.2, 0) is 19.6 Å². The highest BCUT2D eigenvalue weighted by Crippen LogP contribution is 2.28. The largest absolute Gasteiger partial charge is 0.378 e. The number of anilines is 3. The molecule has 1 N–H and O–H groups in total. The number of benzene rings is 2. The van der Waals surface area contributed by atoms with Gasteiger partial charge in [0.2, 0.25) is 15.9 Å². The van der Waals surface area contributed by atoms with Crippen molar-refractivity contribution in [1.29, 1.82) is 0 Å². The molecule has 0 saturated carbocycles. The summed E-state index contributed by atoms with van der Waals surface area (Å²) in [5, 5.41) is 2.89. The van der Waals surface area contributed by atoms with Crippen molar-refractivity contribution < 1.29 is 17.9 Å². The highest BCUT2D eigenvalue weighted by Gasteiger charge is 2.32. The highest BCUT2D eigenvalue weighted by atomic mass is 32.2. The maximum atomic E-state index is 13.1. The molecule has 1 aliphatic heterocycles. The van der Waals surface area contributed by atoms with Crippen molar-refractivity contribution in [2.75, 3.05) is 47.1 Å². The molecule has 0 aromatic heterocycles. The van der Waals surface area contributed by atoms with Gasteiger partial charge in [-0.1, -0.05) is 19.1 Å². The second kappa shape index (κ2) is 9.70. The molecular weight excluding hydrogens is 414 g/mol. The fraction of sp³-hybridized carbons (Fsp3) is 0.435. The molecule has 2 aromatic carbocycles. The zero-order chi connectivity index (χ0) is 22.6. The number of nitrogens with zero attached hydrogens (tertiary/aromatic N) is 2. The van der Waals surface area contributed by atoms with Crippen LogP contribution in [0.15, 0.2) is 42.5 Å². The van der Waals surface area contributed by atoms with Crippen LogP contribution in [0.2, 0.25) is 0 Å². The Morgan fingerprint density at radius 1 is 1.13 bits per heavy atom. The molecule has 0 radical (unpaired) electrons. The quantitative estimate of drug-likeness (QED) is 0.707. The van der Waals surface area contributed by atoms with E-state index in [1.807, 2.05) is 63.2 Å². The number of ether oxygens (including phenoxy) is 1. The van der Waals surface area contributed by atoms with Crippen molar-refractivity contribution >= 4 is 33.0 Å². The molecule has 3 rings (SSSR count). The summed E-state index contributed by atoms with van der Waals surface area (Å²) in [5.74, 6) is -0.354. The SMILES string of the molecule is CCC(C(=O)Nc1ccc(N2CCOCC2)cc1)N(c1cc(C)ccc1C)S(C)(=O)=O. The van der Waals surface area contributed by atoms with Crippen LogP contribution < -0.4 is 14.5 Å². The lowest BCUT2D eigenvalue weighted by molar-refractivity contribution is -0.117. The lowest BCUT2D eigenvalue weighted by Crippen LogP contribution is -2.47. The van der Waals surface area contributed by atoms with Gasteiger partial charge in [0.05, 0.1) is 25.2 Å². The first-order valence-corrected chi connectivity index (χ1v) is 12.4. The lowest BCUT2D eigenvalue weighted by Gasteiger charge is -2.31. The summed E-state index contributed by atoms with van der Waals surface area (Å²) in [6.07, 6.45) is 1.49. The molecular formula is C23H31N3O4S. The molecule has 1 amide bonds. The second-order valence-electron chi connectivity index (χ2n) is 7.91. The molecule has 168 valence electrons. The van der Waals surface area contributed by atoms with E-state index in [2.05, 4.69) is 10.2 Å². The number of morpholine rings is 1. The van der Waals surface area contributed by atoms with Crippen molar-refractivity contribution in [2.24, 2.45) is 0 Å². The van der Waals surface area contributed by atoms with Gasteiger partial charge in [0, 0.05) is 24.5 Å². The van der Waals surface area contributed by atoms with Gasteiger partial charge in [-0.2, -0.15) is 0 Å². The van der Waals surface area contributed by atoms with Gasteiger partial charge in [-0.3, -0.25) is 9.10 Å². The number of amides is 1. The summed E-state index contributed by atoms with van der Waals surface area (Å²) in [6, 6.07) is 12.4. The number of carbonyl (C=O) groups excluding carboxylic acids is 1. The Hall–Kier alpha value is -2.58. The predicted molar refractivity (Wildman–Crippen MR) is 125 cm³/mol. The molecule has 31 heavy (non-hydrogen) atoms. The van der Waals surface area contributed by atoms with E-state index < -0.39 is 16.1 Å². The van der Waals surface area contributed by atoms with Crippen molar-refractivity contribution in [1.82, 2.24) is 0 Å². The molecule has 1 heterocycles. The van der Waals surface area contributed by atoms with Gasteiger partial charge in [0.25, 0.3) is 0 Å². The Labute approximate surface area is 185 Å². The van der Waals surface area contributed by atoms with E-state index in [1.54, 1.807) is 0 Å². The van der Waals surface area contributed by atoms with Gasteiger partial charge >= 0.3 is 0 Å². The Balaban J connectivity index is 1.82. The zero-order valence-electron chi connectivity index (χ0n) is 18.6. The number of hydrogen-bond donors (Lipinski definition) is 1. The average Bonchev–Trinajstić information content (AvgIpc) is 2.74. The highest BCUT2D eigenvalue weighted by molar-refractivity contribution is 7.92. The standard InChI is InChI=1S/C23H31N3O4S/c1-5-21(26(31(4,28)29)22-16-17(2)6-7-18(22)3)23(27)24-19-8-10-20(11-9-19)25-12-14-30-15-13-25/h6-11,16,21H,5,12-15H2,1-4H3,(H,24,27). The minimum Gasteiger partial charge on any atom is -0.378 e. The smallest absolute Gasteiger partial charge is 0.248 e. The summed E-state index contributed by atoms with van der Waals surface area (Å²) >= 11 is 0. The molecule has 2 aromatic rings. The number of carbonyl (C=O) groups is 1. The van der Waals surface area contributed by atoms with Crippen molar-refractivity contribution in [3.8, 4) is 0 Å². The van der Waals surface area contributed by atoms with Crippen molar-refractivity contribution in [2.45, 2.75) is 33.2 Å². The summed E-state index contributed by atoms with van der Waals surface area (Å²) in [7, 11) is -3.67. The van der Waals surface area contributed by atoms with E-state index in [0.717, 1.165) is 36.2 Å². The third-order valence-electron chi connectivity index (χ3n) is 5.44. The van der Waals surface area contributed by atoms with Crippen LogP contribution in [0, 0.1) is 13.8 Å². The van der Waals surface area contributed by atoms with Gasteiger partial charge in [-0.05, 0) is 61.7 Å². The number of rotatable bonds is 7. The fourth-order valence-corrected chi connectivity index (χ4v) is 5.06. The minimum absolute atomic E-state index is 0.345. The summed E-state index contributed by atoms with van der Waals surface area (Å²) < 4.78 is 32.0. The third kappa shape index (κ3) is 5.57. The molecule has 1 atom stereocenters. The summed E-state index contributed by atoms with van der Waals surface area (Å²) in [6.45, 7) is 8.65. The maximum Gasteiger partial charge on any atom is 0.248 e. The van der Waals surface area contributed by atoms with Crippen molar-refractivity contribution in [3.63, 3.8) is 0 Å². The van der Waals surface area contributed by atoms with Crippen LogP contribution in [0.4, 0.5) is 17.1 Å². The van der Waals surface area contributed by atoms with E-state index >= 15 is 0 Å². The first-order chi connectivity index (χ1) is 14.7. The normalized spacial score (nSPS) is 15.4. The number of hydrogen-bond acceptors (Lipinski definition) is 5. The molecule has 0 spiro atoms. The molecule has 1 unspecified atom stereocenters. The first-order valence-electron chi connectivity index (χ1n) is 10.5. The van der Waals surface area contributed by atoms with E-state index in [4.69, 9.17) is 4.74 Å². The van der Waals surface area contributed by atoms with Crippen LogP contribution in [0.5, 0.6) is 0 Å². The first kappa shape index (κ1) is 23.1. The van der Waals surface area contributed by atoms with Gasteiger partial charge in [0.1, 0.15) is 6.04 Å². The van der Waals surface area contributed by atoms with Gasteiger partial charge in [0.15, 0.2) is 0 Å². The molecule has 1 aliphatic rings. The molecule has 0 bridgehead atoms. The number of aryl methyl sites for hydroxylation is 2. The zero-order valence-corrected chi connectivity index (χ0v) is 19.4. The number of sulfonamides is 1. The Kier molecular flexibility index (Phi) is 7.23. The van der Waals surface area contributed by atoms with Crippen LogP contribution in [0.3, 0.4) is 0 Å². The molecule has 1 fully saturated rings. The lowest BCUT2D eigenvalue weighted by atomic mass is 10.1. The summed E-state index contributed by atoms with van der Waals surface area (Å²) in [4.78, 5) is 15.4. The van der Waals surface area contributed by atoms with E-state index in [-0.39, 0.29) is 5.91 Å². The molecule has 8 heteroatoms. The van der Waals surface area contributed by atoms with Crippen LogP contribution in [-0.4, -0.2) is 52.9 Å². The molecule has 0 aliphatic carbocycles. The minimum atomic E-state index is -3.67. The van der Waals surface area contributed by atoms with Gasteiger partial charge in [-0.25, -0.2) is 8.42 Å². The van der Waals surface area contributed by atoms with Crippen LogP contribution in [0.25, 0.3) is 0 Å². The fourth-order valence-electron chi connectivity index (χ4n) is 3.79. The number of nitrogens with one attached hydrogen (secondary N) is 1. The summed E-state index contributed by atoms with van der Waals surface area (Å²) in [5.41, 5.74) is 3.98. The Bertz CT molecular complexity index is 1020. The molecule has 1 saturated heterocycles. The average molecular weight is 446 g/mol. The van der Waals surface area contributed by atoms with E-state index in [0.29, 0.717) is 31.0 Å². The monoisotopic (exact) mass is 445 g/mol. The maximum absolute atomic E-state index is 13.1. The Morgan fingerprint density at radius 3 is 2.35 bits per heavy atom. The van der Waals surface area contributed by atoms with Gasteiger partial charge in [-0.15, -0.1) is 0 Å².